The molecule has 0 atom stereocenters. The van der Waals surface area contributed by atoms with Gasteiger partial charge in [0, 0.05) is 31.6 Å². The van der Waals surface area contributed by atoms with E-state index in [9.17, 15) is 0 Å². The van der Waals surface area contributed by atoms with Crippen molar-refractivity contribution in [3.63, 3.8) is 0 Å². The third-order valence-electron chi connectivity index (χ3n) is 2.79. The normalized spacial score (nSPS) is 28.5. The predicted molar refractivity (Wildman–Crippen MR) is 41.7 cm³/mol. The van der Waals surface area contributed by atoms with Crippen molar-refractivity contribution in [2.24, 2.45) is 5.41 Å². The van der Waals surface area contributed by atoms with Crippen molar-refractivity contribution in [2.75, 3.05) is 33.2 Å². The molecule has 0 amide bonds. The van der Waals surface area contributed by atoms with Crippen LogP contribution in [0.15, 0.2) is 0 Å². The maximum atomic E-state index is 8.65. The Morgan fingerprint density at radius 1 is 1.36 bits per heavy atom. The van der Waals surface area contributed by atoms with E-state index in [4.69, 9.17) is 5.26 Å². The molecule has 0 aromatic heterocycles. The Morgan fingerprint density at radius 2 is 2.09 bits per heavy atom. The number of rotatable bonds is 0. The zero-order valence-corrected chi connectivity index (χ0v) is 6.88. The van der Waals surface area contributed by atoms with Crippen LogP contribution in [0.25, 0.3) is 0 Å². The molecular formula is C8H13N3. The van der Waals surface area contributed by atoms with Gasteiger partial charge < -0.3 is 9.80 Å². The molecule has 0 aromatic rings. The van der Waals surface area contributed by atoms with Crippen LogP contribution in [0.4, 0.5) is 0 Å². The first-order valence-corrected chi connectivity index (χ1v) is 4.07. The predicted octanol–water partition coefficient (Wildman–Crippen LogP) is 0.105. The summed E-state index contributed by atoms with van der Waals surface area (Å²) in [6.45, 7) is 4.34. The van der Waals surface area contributed by atoms with Crippen molar-refractivity contribution in [3.8, 4) is 6.19 Å². The van der Waals surface area contributed by atoms with E-state index in [2.05, 4.69) is 18.1 Å². The van der Waals surface area contributed by atoms with Gasteiger partial charge in [0.05, 0.1) is 0 Å². The van der Waals surface area contributed by atoms with Crippen LogP contribution in [-0.4, -0.2) is 43.0 Å². The van der Waals surface area contributed by atoms with Crippen LogP contribution < -0.4 is 0 Å². The Kier molecular flexibility index (Phi) is 1.33. The molecular weight excluding hydrogens is 138 g/mol. The topological polar surface area (TPSA) is 30.3 Å². The van der Waals surface area contributed by atoms with Crippen molar-refractivity contribution in [2.45, 2.75) is 6.42 Å². The quantitative estimate of drug-likeness (QED) is 0.460. The lowest BCUT2D eigenvalue weighted by molar-refractivity contribution is 0.0348. The van der Waals surface area contributed by atoms with E-state index in [1.807, 2.05) is 4.90 Å². The zero-order chi connectivity index (χ0) is 7.90. The van der Waals surface area contributed by atoms with Crippen molar-refractivity contribution in [3.05, 3.63) is 0 Å². The molecule has 0 radical (unpaired) electrons. The fraction of sp³-hybridized carbons (Fsp3) is 0.875. The van der Waals surface area contributed by atoms with E-state index in [-0.39, 0.29) is 0 Å². The molecule has 0 N–H and O–H groups in total. The summed E-state index contributed by atoms with van der Waals surface area (Å²) < 4.78 is 0. The molecule has 2 rings (SSSR count). The van der Waals surface area contributed by atoms with Crippen molar-refractivity contribution >= 4 is 0 Å². The average molecular weight is 151 g/mol. The number of likely N-dealkylation sites (tertiary alicyclic amines) is 2. The van der Waals surface area contributed by atoms with Gasteiger partial charge in [0.2, 0.25) is 0 Å². The number of hydrogen-bond donors (Lipinski definition) is 0. The summed E-state index contributed by atoms with van der Waals surface area (Å²) in [5.74, 6) is 0. The molecule has 2 heterocycles. The van der Waals surface area contributed by atoms with Crippen LogP contribution in [0.3, 0.4) is 0 Å². The first kappa shape index (κ1) is 6.93. The van der Waals surface area contributed by atoms with E-state index in [1.54, 1.807) is 0 Å². The smallest absolute Gasteiger partial charge is 0.179 e. The van der Waals surface area contributed by atoms with Gasteiger partial charge in [-0.1, -0.05) is 0 Å². The minimum Gasteiger partial charge on any atom is -0.310 e. The fourth-order valence-corrected chi connectivity index (χ4v) is 2.38. The van der Waals surface area contributed by atoms with Crippen LogP contribution in [0.5, 0.6) is 0 Å². The minimum absolute atomic E-state index is 0.491. The maximum absolute atomic E-state index is 8.65. The van der Waals surface area contributed by atoms with Gasteiger partial charge in [0.25, 0.3) is 0 Å². The Morgan fingerprint density at radius 3 is 2.55 bits per heavy atom. The van der Waals surface area contributed by atoms with Gasteiger partial charge in [-0.3, -0.25) is 0 Å². The summed E-state index contributed by atoms with van der Waals surface area (Å²) in [4.78, 5) is 4.20. The fourth-order valence-electron chi connectivity index (χ4n) is 2.38. The summed E-state index contributed by atoms with van der Waals surface area (Å²) >= 11 is 0. The molecule has 0 aromatic carbocycles. The number of nitrogens with zero attached hydrogens (tertiary/aromatic N) is 3. The highest BCUT2D eigenvalue weighted by Gasteiger charge is 2.45. The van der Waals surface area contributed by atoms with Crippen molar-refractivity contribution < 1.29 is 0 Å². The van der Waals surface area contributed by atoms with E-state index < -0.39 is 0 Å². The summed E-state index contributed by atoms with van der Waals surface area (Å²) in [5, 5.41) is 8.65. The lowest BCUT2D eigenvalue weighted by atomic mass is 9.80. The van der Waals surface area contributed by atoms with Gasteiger partial charge in [-0.05, 0) is 13.5 Å². The highest BCUT2D eigenvalue weighted by molar-refractivity contribution is 5.02. The maximum Gasteiger partial charge on any atom is 0.179 e. The second kappa shape index (κ2) is 2.12. The molecule has 2 fully saturated rings. The van der Waals surface area contributed by atoms with Gasteiger partial charge >= 0.3 is 0 Å². The average Bonchev–Trinajstić information content (AvgIpc) is 2.31. The number of nitriles is 1. The Balaban J connectivity index is 1.96. The van der Waals surface area contributed by atoms with Gasteiger partial charge in [0.1, 0.15) is 0 Å². The molecule has 0 saturated carbocycles. The summed E-state index contributed by atoms with van der Waals surface area (Å²) in [6.07, 6.45) is 3.43. The highest BCUT2D eigenvalue weighted by atomic mass is 15.2. The Labute approximate surface area is 67.2 Å². The first-order chi connectivity index (χ1) is 5.24. The third kappa shape index (κ3) is 0.982. The van der Waals surface area contributed by atoms with Gasteiger partial charge in [-0.15, -0.1) is 0 Å². The van der Waals surface area contributed by atoms with E-state index >= 15 is 0 Å². The second-order valence-electron chi connectivity index (χ2n) is 3.94. The van der Waals surface area contributed by atoms with E-state index in [1.165, 1.54) is 19.5 Å². The molecule has 0 unspecified atom stereocenters. The zero-order valence-electron chi connectivity index (χ0n) is 6.88. The van der Waals surface area contributed by atoms with E-state index in [0.717, 1.165) is 13.1 Å². The number of hydrogen-bond acceptors (Lipinski definition) is 3. The first-order valence-electron chi connectivity index (χ1n) is 4.07. The third-order valence-corrected chi connectivity index (χ3v) is 2.79. The van der Waals surface area contributed by atoms with Crippen LogP contribution >= 0.6 is 0 Å². The molecule has 2 aliphatic heterocycles. The Hall–Kier alpha value is -0.750. The van der Waals surface area contributed by atoms with Crippen LogP contribution in [0, 0.1) is 16.9 Å². The molecule has 3 heteroatoms. The highest BCUT2D eigenvalue weighted by Crippen LogP contribution is 2.37. The monoisotopic (exact) mass is 151 g/mol. The lowest BCUT2D eigenvalue weighted by Gasteiger charge is -2.45. The van der Waals surface area contributed by atoms with Gasteiger partial charge in [-0.25, -0.2) is 0 Å². The SMILES string of the molecule is CN1CC2(CCN(C#N)C2)C1. The van der Waals surface area contributed by atoms with Crippen molar-refractivity contribution in [1.82, 2.24) is 9.80 Å². The molecule has 3 nitrogen and oxygen atoms in total. The van der Waals surface area contributed by atoms with Gasteiger partial charge in [-0.2, -0.15) is 5.26 Å². The summed E-state index contributed by atoms with van der Waals surface area (Å²) in [7, 11) is 2.14. The van der Waals surface area contributed by atoms with Crippen LogP contribution in [0.1, 0.15) is 6.42 Å². The minimum atomic E-state index is 0.491. The second-order valence-corrected chi connectivity index (χ2v) is 3.94. The summed E-state index contributed by atoms with van der Waals surface area (Å²) in [6, 6.07) is 0. The molecule has 1 spiro atoms. The molecule has 2 saturated heterocycles. The lowest BCUT2D eigenvalue weighted by Crippen LogP contribution is -2.55. The molecule has 2 aliphatic rings. The standard InChI is InChI=1S/C8H13N3/c1-10-4-8(5-10)2-3-11(6-8)7-9/h2-6H2,1H3. The molecule has 60 valence electrons. The summed E-state index contributed by atoms with van der Waals surface area (Å²) in [5.41, 5.74) is 0.491. The molecule has 0 aliphatic carbocycles. The van der Waals surface area contributed by atoms with Crippen LogP contribution in [-0.2, 0) is 0 Å². The molecule has 11 heavy (non-hydrogen) atoms. The largest absolute Gasteiger partial charge is 0.310 e. The van der Waals surface area contributed by atoms with Gasteiger partial charge in [0.15, 0.2) is 6.19 Å². The van der Waals surface area contributed by atoms with Crippen LogP contribution in [0.2, 0.25) is 0 Å². The molecule has 0 bridgehead atoms. The Bertz CT molecular complexity index is 200. The van der Waals surface area contributed by atoms with Crippen molar-refractivity contribution in [1.29, 1.82) is 5.26 Å². The van der Waals surface area contributed by atoms with E-state index in [0.29, 0.717) is 5.41 Å².